The van der Waals surface area contributed by atoms with Crippen molar-refractivity contribution in [1.29, 1.82) is 0 Å². The number of hydroxylamine groups is 2. The van der Waals surface area contributed by atoms with Crippen molar-refractivity contribution in [3.63, 3.8) is 0 Å². The molecule has 0 saturated heterocycles. The molecule has 0 aromatic rings. The second kappa shape index (κ2) is 10.6. The molecule has 0 saturated carbocycles. The van der Waals surface area contributed by atoms with E-state index in [-0.39, 0.29) is 5.97 Å². The highest BCUT2D eigenvalue weighted by Crippen LogP contribution is 2.07. The molecule has 0 bridgehead atoms. The number of carbonyl (C=O) groups is 1. The third-order valence-electron chi connectivity index (χ3n) is 2.68. The van der Waals surface area contributed by atoms with Gasteiger partial charge in [-0.1, -0.05) is 40.5 Å². The first-order valence-electron chi connectivity index (χ1n) is 7.05. The standard InChI is InChI=1S/C14H29NO2/c1-5-7-11-15(12-8-6-2)17-14(16)10-9-13(3)4/h13H,5-12H2,1-4H3. The van der Waals surface area contributed by atoms with Gasteiger partial charge in [-0.05, 0) is 25.2 Å². The predicted molar refractivity (Wildman–Crippen MR) is 71.6 cm³/mol. The van der Waals surface area contributed by atoms with Gasteiger partial charge in [0.05, 0.1) is 0 Å². The SMILES string of the molecule is CCCCN(CCCC)OC(=O)CCC(C)C. The summed E-state index contributed by atoms with van der Waals surface area (Å²) in [5, 5.41) is 1.84. The van der Waals surface area contributed by atoms with Crippen molar-refractivity contribution in [1.82, 2.24) is 5.06 Å². The summed E-state index contributed by atoms with van der Waals surface area (Å²) < 4.78 is 0. The Kier molecular flexibility index (Phi) is 10.2. The highest BCUT2D eigenvalue weighted by molar-refractivity contribution is 5.68. The molecule has 0 aromatic carbocycles. The predicted octanol–water partition coefficient (Wildman–Crippen LogP) is 3.78. The molecule has 0 rings (SSSR count). The van der Waals surface area contributed by atoms with Gasteiger partial charge in [-0.25, -0.2) is 0 Å². The minimum Gasteiger partial charge on any atom is -0.368 e. The van der Waals surface area contributed by atoms with Gasteiger partial charge in [0, 0.05) is 19.5 Å². The minimum atomic E-state index is -0.0779. The van der Waals surface area contributed by atoms with Crippen molar-refractivity contribution in [2.75, 3.05) is 13.1 Å². The van der Waals surface area contributed by atoms with Crippen molar-refractivity contribution in [3.05, 3.63) is 0 Å². The maximum absolute atomic E-state index is 11.6. The lowest BCUT2D eigenvalue weighted by molar-refractivity contribution is -0.191. The molecule has 0 amide bonds. The van der Waals surface area contributed by atoms with Crippen LogP contribution in [-0.2, 0) is 9.63 Å². The quantitative estimate of drug-likeness (QED) is 0.547. The van der Waals surface area contributed by atoms with Crippen LogP contribution in [0.5, 0.6) is 0 Å². The fourth-order valence-electron chi connectivity index (χ4n) is 1.47. The van der Waals surface area contributed by atoms with E-state index in [2.05, 4.69) is 27.7 Å². The van der Waals surface area contributed by atoms with Crippen molar-refractivity contribution >= 4 is 5.97 Å². The van der Waals surface area contributed by atoms with E-state index in [1.807, 2.05) is 5.06 Å². The molecule has 0 aliphatic rings. The van der Waals surface area contributed by atoms with Crippen molar-refractivity contribution in [3.8, 4) is 0 Å². The number of nitrogens with zero attached hydrogens (tertiary/aromatic N) is 1. The van der Waals surface area contributed by atoms with Crippen molar-refractivity contribution < 1.29 is 9.63 Å². The van der Waals surface area contributed by atoms with E-state index >= 15 is 0 Å². The van der Waals surface area contributed by atoms with Crippen LogP contribution in [0.15, 0.2) is 0 Å². The molecule has 0 radical (unpaired) electrons. The van der Waals surface area contributed by atoms with Gasteiger partial charge in [-0.2, -0.15) is 0 Å². The summed E-state index contributed by atoms with van der Waals surface area (Å²) in [4.78, 5) is 17.0. The van der Waals surface area contributed by atoms with E-state index in [9.17, 15) is 4.79 Å². The zero-order valence-corrected chi connectivity index (χ0v) is 12.0. The fraction of sp³-hybridized carbons (Fsp3) is 0.929. The largest absolute Gasteiger partial charge is 0.368 e. The first-order valence-corrected chi connectivity index (χ1v) is 7.05. The smallest absolute Gasteiger partial charge is 0.325 e. The fourth-order valence-corrected chi connectivity index (χ4v) is 1.47. The van der Waals surface area contributed by atoms with E-state index in [4.69, 9.17) is 4.84 Å². The normalized spacial score (nSPS) is 11.2. The topological polar surface area (TPSA) is 29.5 Å². The molecule has 0 fully saturated rings. The van der Waals surface area contributed by atoms with Crippen LogP contribution in [-0.4, -0.2) is 24.1 Å². The third-order valence-corrected chi connectivity index (χ3v) is 2.68. The van der Waals surface area contributed by atoms with Crippen molar-refractivity contribution in [2.24, 2.45) is 5.92 Å². The monoisotopic (exact) mass is 243 g/mol. The summed E-state index contributed by atoms with van der Waals surface area (Å²) >= 11 is 0. The molecule has 0 spiro atoms. The van der Waals surface area contributed by atoms with Crippen LogP contribution >= 0.6 is 0 Å². The number of hydrogen-bond donors (Lipinski definition) is 0. The summed E-state index contributed by atoms with van der Waals surface area (Å²) in [6.07, 6.45) is 5.88. The Balaban J connectivity index is 3.89. The second-order valence-electron chi connectivity index (χ2n) is 5.03. The number of unbranched alkanes of at least 4 members (excludes halogenated alkanes) is 2. The Morgan fingerprint density at radius 3 is 2.06 bits per heavy atom. The van der Waals surface area contributed by atoms with Crippen LogP contribution < -0.4 is 0 Å². The van der Waals surface area contributed by atoms with Crippen LogP contribution in [0, 0.1) is 5.92 Å². The lowest BCUT2D eigenvalue weighted by Gasteiger charge is -2.20. The van der Waals surface area contributed by atoms with Crippen LogP contribution in [0.1, 0.15) is 66.2 Å². The van der Waals surface area contributed by atoms with Gasteiger partial charge < -0.3 is 4.84 Å². The maximum Gasteiger partial charge on any atom is 0.325 e. The molecule has 3 nitrogen and oxygen atoms in total. The average Bonchev–Trinajstić information content (AvgIpc) is 2.30. The Hall–Kier alpha value is -0.570. The zero-order chi connectivity index (χ0) is 13.1. The number of rotatable bonds is 10. The van der Waals surface area contributed by atoms with Gasteiger partial charge in [0.1, 0.15) is 0 Å². The van der Waals surface area contributed by atoms with Gasteiger partial charge >= 0.3 is 5.97 Å². The van der Waals surface area contributed by atoms with Crippen LogP contribution in [0.2, 0.25) is 0 Å². The molecule has 0 N–H and O–H groups in total. The highest BCUT2D eigenvalue weighted by atomic mass is 16.7. The number of carbonyl (C=O) groups excluding carboxylic acids is 1. The molecular weight excluding hydrogens is 214 g/mol. The van der Waals surface area contributed by atoms with Crippen LogP contribution in [0.4, 0.5) is 0 Å². The Labute approximate surface area is 106 Å². The highest BCUT2D eigenvalue weighted by Gasteiger charge is 2.11. The molecule has 102 valence electrons. The lowest BCUT2D eigenvalue weighted by Crippen LogP contribution is -2.29. The first kappa shape index (κ1) is 16.4. The Bertz CT molecular complexity index is 185. The number of hydrogen-bond acceptors (Lipinski definition) is 3. The second-order valence-corrected chi connectivity index (χ2v) is 5.03. The molecule has 3 heteroatoms. The van der Waals surface area contributed by atoms with Crippen LogP contribution in [0.25, 0.3) is 0 Å². The summed E-state index contributed by atoms with van der Waals surface area (Å²) in [6.45, 7) is 10.3. The molecule has 0 aromatic heterocycles. The third kappa shape index (κ3) is 10.3. The Morgan fingerprint density at radius 2 is 1.65 bits per heavy atom. The molecular formula is C14H29NO2. The van der Waals surface area contributed by atoms with E-state index in [1.165, 1.54) is 0 Å². The summed E-state index contributed by atoms with van der Waals surface area (Å²) in [6, 6.07) is 0. The molecule has 0 heterocycles. The van der Waals surface area contributed by atoms with E-state index in [1.54, 1.807) is 0 Å². The van der Waals surface area contributed by atoms with E-state index in [0.717, 1.165) is 45.2 Å². The molecule has 0 unspecified atom stereocenters. The van der Waals surface area contributed by atoms with Gasteiger partial charge in [-0.15, -0.1) is 5.06 Å². The summed E-state index contributed by atoms with van der Waals surface area (Å²) in [5.41, 5.74) is 0. The maximum atomic E-state index is 11.6. The summed E-state index contributed by atoms with van der Waals surface area (Å²) in [7, 11) is 0. The summed E-state index contributed by atoms with van der Waals surface area (Å²) in [5.74, 6) is 0.480. The zero-order valence-electron chi connectivity index (χ0n) is 12.0. The molecule has 17 heavy (non-hydrogen) atoms. The van der Waals surface area contributed by atoms with E-state index < -0.39 is 0 Å². The van der Waals surface area contributed by atoms with Crippen molar-refractivity contribution in [2.45, 2.75) is 66.2 Å². The van der Waals surface area contributed by atoms with Gasteiger partial charge in [0.15, 0.2) is 0 Å². The molecule has 0 atom stereocenters. The Morgan fingerprint density at radius 1 is 1.12 bits per heavy atom. The van der Waals surface area contributed by atoms with Crippen LogP contribution in [0.3, 0.4) is 0 Å². The molecule has 0 aliphatic carbocycles. The van der Waals surface area contributed by atoms with E-state index in [0.29, 0.717) is 12.3 Å². The first-order chi connectivity index (χ1) is 8.10. The van der Waals surface area contributed by atoms with Gasteiger partial charge in [0.25, 0.3) is 0 Å². The molecule has 0 aliphatic heterocycles. The van der Waals surface area contributed by atoms with Gasteiger partial charge in [0.2, 0.25) is 0 Å². The lowest BCUT2D eigenvalue weighted by atomic mass is 10.1. The minimum absolute atomic E-state index is 0.0779. The average molecular weight is 243 g/mol. The van der Waals surface area contributed by atoms with Gasteiger partial charge in [-0.3, -0.25) is 4.79 Å².